The molecule has 0 radical (unpaired) electrons. The average Bonchev–Trinajstić information content (AvgIpc) is 2.99. The fraction of sp³-hybridized carbons (Fsp3) is 0.769. The Morgan fingerprint density at radius 3 is 2.88 bits per heavy atom. The van der Waals surface area contributed by atoms with Gasteiger partial charge in [0.2, 0.25) is 0 Å². The first-order valence-electron chi connectivity index (χ1n) is 6.72. The first kappa shape index (κ1) is 11.2. The molecule has 0 saturated carbocycles. The molecular formula is C13H21N3O. The maximum Gasteiger partial charge on any atom is 0.150 e. The molecule has 0 aliphatic carbocycles. The summed E-state index contributed by atoms with van der Waals surface area (Å²) in [4.78, 5) is 0. The molecule has 2 fully saturated rings. The van der Waals surface area contributed by atoms with Crippen LogP contribution in [0, 0.1) is 6.92 Å². The number of ether oxygens (including phenoxy) is 1. The van der Waals surface area contributed by atoms with Crippen LogP contribution in [-0.2, 0) is 4.74 Å². The highest BCUT2D eigenvalue weighted by atomic mass is 16.5. The van der Waals surface area contributed by atoms with Gasteiger partial charge in [-0.25, -0.2) is 4.68 Å². The smallest absolute Gasteiger partial charge is 0.150 e. The van der Waals surface area contributed by atoms with Crippen molar-refractivity contribution in [2.24, 2.45) is 0 Å². The molecule has 0 spiro atoms. The Morgan fingerprint density at radius 1 is 1.35 bits per heavy atom. The van der Waals surface area contributed by atoms with E-state index >= 15 is 0 Å². The third kappa shape index (κ3) is 2.11. The fourth-order valence-electron chi connectivity index (χ4n) is 3.01. The van der Waals surface area contributed by atoms with Crippen LogP contribution in [0.2, 0.25) is 0 Å². The van der Waals surface area contributed by atoms with E-state index in [-0.39, 0.29) is 6.23 Å². The lowest BCUT2D eigenvalue weighted by molar-refractivity contribution is 0.0450. The van der Waals surface area contributed by atoms with Gasteiger partial charge in [-0.2, -0.15) is 5.10 Å². The highest BCUT2D eigenvalue weighted by Crippen LogP contribution is 2.31. The Balaban J connectivity index is 1.80. The van der Waals surface area contributed by atoms with E-state index in [1.165, 1.54) is 24.1 Å². The van der Waals surface area contributed by atoms with E-state index in [9.17, 15) is 0 Å². The number of nitrogens with zero attached hydrogens (tertiary/aromatic N) is 2. The highest BCUT2D eigenvalue weighted by molar-refractivity contribution is 5.22. The molecule has 0 amide bonds. The van der Waals surface area contributed by atoms with E-state index in [0.29, 0.717) is 5.92 Å². The summed E-state index contributed by atoms with van der Waals surface area (Å²) in [5.74, 6) is 0.686. The summed E-state index contributed by atoms with van der Waals surface area (Å²) in [6, 6.07) is 0. The van der Waals surface area contributed by atoms with Crippen molar-refractivity contribution in [1.29, 1.82) is 0 Å². The van der Waals surface area contributed by atoms with Gasteiger partial charge >= 0.3 is 0 Å². The fourth-order valence-corrected chi connectivity index (χ4v) is 3.01. The predicted molar refractivity (Wildman–Crippen MR) is 66.0 cm³/mol. The maximum absolute atomic E-state index is 5.71. The lowest BCUT2D eigenvalue weighted by Gasteiger charge is -2.22. The first-order chi connectivity index (χ1) is 8.36. The van der Waals surface area contributed by atoms with Crippen molar-refractivity contribution in [3.63, 3.8) is 0 Å². The predicted octanol–water partition coefficient (Wildman–Crippen LogP) is 1.97. The van der Waals surface area contributed by atoms with E-state index in [4.69, 9.17) is 4.74 Å². The van der Waals surface area contributed by atoms with Crippen molar-refractivity contribution >= 4 is 0 Å². The number of piperidine rings is 1. The zero-order valence-electron chi connectivity index (χ0n) is 10.5. The van der Waals surface area contributed by atoms with Crippen molar-refractivity contribution in [3.05, 3.63) is 17.5 Å². The summed E-state index contributed by atoms with van der Waals surface area (Å²) in [5, 5.41) is 7.96. The van der Waals surface area contributed by atoms with Crippen LogP contribution in [0.25, 0.3) is 0 Å². The molecule has 1 N–H and O–H groups in total. The third-order valence-electron chi connectivity index (χ3n) is 4.04. The van der Waals surface area contributed by atoms with Crippen LogP contribution in [0.1, 0.15) is 49.1 Å². The Morgan fingerprint density at radius 2 is 2.18 bits per heavy atom. The molecule has 1 unspecified atom stereocenters. The van der Waals surface area contributed by atoms with Crippen LogP contribution >= 0.6 is 0 Å². The molecule has 0 aromatic carbocycles. The zero-order valence-corrected chi connectivity index (χ0v) is 10.5. The van der Waals surface area contributed by atoms with Gasteiger partial charge in [0.1, 0.15) is 0 Å². The second kappa shape index (κ2) is 4.78. The van der Waals surface area contributed by atoms with Gasteiger partial charge in [0, 0.05) is 12.3 Å². The van der Waals surface area contributed by atoms with E-state index in [1.807, 2.05) is 0 Å². The third-order valence-corrected chi connectivity index (χ3v) is 4.04. The van der Waals surface area contributed by atoms with Crippen LogP contribution < -0.4 is 5.32 Å². The molecule has 1 atom stereocenters. The summed E-state index contributed by atoms with van der Waals surface area (Å²) < 4.78 is 7.80. The second-order valence-corrected chi connectivity index (χ2v) is 5.12. The average molecular weight is 235 g/mol. The van der Waals surface area contributed by atoms with Crippen molar-refractivity contribution in [3.8, 4) is 0 Å². The van der Waals surface area contributed by atoms with Gasteiger partial charge in [0.05, 0.1) is 6.20 Å². The number of nitrogens with one attached hydrogen (secondary N) is 1. The quantitative estimate of drug-likeness (QED) is 0.851. The largest absolute Gasteiger partial charge is 0.357 e. The summed E-state index contributed by atoms with van der Waals surface area (Å²) in [6.45, 7) is 5.34. The molecule has 2 aliphatic rings. The molecule has 1 aromatic heterocycles. The van der Waals surface area contributed by atoms with E-state index in [0.717, 1.165) is 32.5 Å². The molecule has 4 heteroatoms. The highest BCUT2D eigenvalue weighted by Gasteiger charge is 2.24. The molecule has 0 bridgehead atoms. The zero-order chi connectivity index (χ0) is 11.7. The second-order valence-electron chi connectivity index (χ2n) is 5.12. The minimum absolute atomic E-state index is 0.186. The van der Waals surface area contributed by atoms with Crippen LogP contribution in [0.3, 0.4) is 0 Å². The first-order valence-corrected chi connectivity index (χ1v) is 6.72. The number of aromatic nitrogens is 2. The van der Waals surface area contributed by atoms with Gasteiger partial charge in [-0.1, -0.05) is 0 Å². The van der Waals surface area contributed by atoms with Gasteiger partial charge in [-0.3, -0.25) is 0 Å². The number of hydrogen-bond acceptors (Lipinski definition) is 3. The lowest BCUT2D eigenvalue weighted by Crippen LogP contribution is -2.26. The summed E-state index contributed by atoms with van der Waals surface area (Å²) in [5.41, 5.74) is 2.74. The van der Waals surface area contributed by atoms with Crippen molar-refractivity contribution in [2.45, 2.75) is 44.8 Å². The summed E-state index contributed by atoms with van der Waals surface area (Å²) in [7, 11) is 0. The SMILES string of the molecule is Cc1c(C2CCNCC2)cnn1C1CCCO1. The Kier molecular flexibility index (Phi) is 3.16. The molecule has 17 heavy (non-hydrogen) atoms. The Labute approximate surface area is 102 Å². The lowest BCUT2D eigenvalue weighted by atomic mass is 9.91. The topological polar surface area (TPSA) is 39.1 Å². The molecule has 94 valence electrons. The summed E-state index contributed by atoms with van der Waals surface area (Å²) >= 11 is 0. The standard InChI is InChI=1S/C13H21N3O/c1-10-12(11-4-6-14-7-5-11)9-15-16(10)13-3-2-8-17-13/h9,11,13-14H,2-8H2,1H3. The Bertz CT molecular complexity index is 376. The van der Waals surface area contributed by atoms with Gasteiger partial charge < -0.3 is 10.1 Å². The molecule has 2 saturated heterocycles. The molecule has 3 heterocycles. The molecule has 4 nitrogen and oxygen atoms in total. The van der Waals surface area contributed by atoms with E-state index < -0.39 is 0 Å². The van der Waals surface area contributed by atoms with Gasteiger partial charge in [0.25, 0.3) is 0 Å². The molecule has 2 aliphatic heterocycles. The molecular weight excluding hydrogens is 214 g/mol. The van der Waals surface area contributed by atoms with E-state index in [2.05, 4.69) is 28.2 Å². The molecule has 1 aromatic rings. The van der Waals surface area contributed by atoms with E-state index in [1.54, 1.807) is 0 Å². The normalized spacial score (nSPS) is 26.5. The molecule has 3 rings (SSSR count). The summed E-state index contributed by atoms with van der Waals surface area (Å²) in [6.07, 6.45) is 6.98. The van der Waals surface area contributed by atoms with Crippen LogP contribution in [0.15, 0.2) is 6.20 Å². The minimum atomic E-state index is 0.186. The Hall–Kier alpha value is -0.870. The van der Waals surface area contributed by atoms with Gasteiger partial charge in [0.15, 0.2) is 6.23 Å². The van der Waals surface area contributed by atoms with Gasteiger partial charge in [-0.15, -0.1) is 0 Å². The van der Waals surface area contributed by atoms with Crippen molar-refractivity contribution in [2.75, 3.05) is 19.7 Å². The number of hydrogen-bond donors (Lipinski definition) is 1. The minimum Gasteiger partial charge on any atom is -0.357 e. The van der Waals surface area contributed by atoms with Gasteiger partial charge in [-0.05, 0) is 57.2 Å². The monoisotopic (exact) mass is 235 g/mol. The maximum atomic E-state index is 5.71. The van der Waals surface area contributed by atoms with Crippen LogP contribution in [0.4, 0.5) is 0 Å². The van der Waals surface area contributed by atoms with Crippen molar-refractivity contribution < 1.29 is 4.74 Å². The van der Waals surface area contributed by atoms with Crippen LogP contribution in [-0.4, -0.2) is 29.5 Å². The van der Waals surface area contributed by atoms with Crippen molar-refractivity contribution in [1.82, 2.24) is 15.1 Å². The number of rotatable bonds is 2. The van der Waals surface area contributed by atoms with Crippen LogP contribution in [0.5, 0.6) is 0 Å².